The summed E-state index contributed by atoms with van der Waals surface area (Å²) >= 11 is 0. The SMILES string of the molecule is OCC1O[C@]2(OCc3ccc(Cc4ccc(OC5CCOC5)cc4)cc32)[C@H](O)[C@@H](O)[C@@H]1O. The van der Waals surface area contributed by atoms with Gasteiger partial charge in [0.15, 0.2) is 0 Å². The van der Waals surface area contributed by atoms with Crippen molar-refractivity contribution in [1.29, 1.82) is 0 Å². The molecule has 8 nitrogen and oxygen atoms in total. The molecule has 0 aromatic heterocycles. The second-order valence-electron chi connectivity index (χ2n) is 8.64. The van der Waals surface area contributed by atoms with Crippen LogP contribution < -0.4 is 4.74 Å². The highest BCUT2D eigenvalue weighted by Gasteiger charge is 2.58. The molecule has 3 heterocycles. The van der Waals surface area contributed by atoms with Gasteiger partial charge in [0, 0.05) is 12.0 Å². The second-order valence-corrected chi connectivity index (χ2v) is 8.64. The van der Waals surface area contributed by atoms with Crippen LogP contribution in [-0.2, 0) is 33.0 Å². The molecule has 6 atom stereocenters. The summed E-state index contributed by atoms with van der Waals surface area (Å²) in [5, 5.41) is 40.7. The quantitative estimate of drug-likeness (QED) is 0.530. The van der Waals surface area contributed by atoms with Gasteiger partial charge in [-0.15, -0.1) is 0 Å². The number of ether oxygens (including phenoxy) is 4. The molecule has 3 aliphatic heterocycles. The number of fused-ring (bicyclic) bond motifs is 2. The molecule has 3 aliphatic rings. The molecule has 0 amide bonds. The van der Waals surface area contributed by atoms with Crippen molar-refractivity contribution in [2.45, 2.75) is 55.8 Å². The predicted octanol–water partition coefficient (Wildman–Crippen LogP) is 0.602. The summed E-state index contributed by atoms with van der Waals surface area (Å²) in [6, 6.07) is 13.7. The van der Waals surface area contributed by atoms with Crippen LogP contribution in [0.25, 0.3) is 0 Å². The zero-order valence-electron chi connectivity index (χ0n) is 17.6. The standard InChI is InChI=1S/C24H28O8/c25-11-20-21(26)22(27)23(28)24(32-20)19-10-15(1-4-16(19)12-30-24)9-14-2-5-17(6-3-14)31-18-7-8-29-13-18/h1-6,10,18,20-23,25-28H,7-9,11-13H2/t18?,20?,21-,22+,23-,24+/m1/s1. The van der Waals surface area contributed by atoms with Crippen molar-refractivity contribution in [3.05, 3.63) is 64.7 Å². The lowest BCUT2D eigenvalue weighted by Crippen LogP contribution is -2.63. The summed E-state index contributed by atoms with van der Waals surface area (Å²) in [5.41, 5.74) is 3.49. The highest BCUT2D eigenvalue weighted by atomic mass is 16.7. The molecule has 0 bridgehead atoms. The maximum atomic E-state index is 10.7. The molecule has 2 aromatic rings. The first-order valence-electron chi connectivity index (χ1n) is 10.9. The molecule has 0 aliphatic carbocycles. The molecule has 2 saturated heterocycles. The van der Waals surface area contributed by atoms with Crippen molar-refractivity contribution in [3.8, 4) is 5.75 Å². The van der Waals surface area contributed by atoms with Gasteiger partial charge in [0.25, 0.3) is 0 Å². The number of hydrogen-bond donors (Lipinski definition) is 4. The fourth-order valence-electron chi connectivity index (χ4n) is 4.65. The molecule has 32 heavy (non-hydrogen) atoms. The van der Waals surface area contributed by atoms with Gasteiger partial charge >= 0.3 is 0 Å². The topological polar surface area (TPSA) is 118 Å². The Balaban J connectivity index is 1.36. The van der Waals surface area contributed by atoms with E-state index in [1.54, 1.807) is 0 Å². The zero-order valence-corrected chi connectivity index (χ0v) is 17.6. The molecule has 0 radical (unpaired) electrons. The van der Waals surface area contributed by atoms with Crippen LogP contribution in [-0.4, -0.2) is 70.8 Å². The lowest BCUT2D eigenvalue weighted by atomic mass is 9.86. The number of rotatable bonds is 5. The maximum Gasteiger partial charge on any atom is 0.225 e. The van der Waals surface area contributed by atoms with Gasteiger partial charge in [-0.3, -0.25) is 0 Å². The van der Waals surface area contributed by atoms with Crippen molar-refractivity contribution in [2.24, 2.45) is 0 Å². The van der Waals surface area contributed by atoms with E-state index in [0.29, 0.717) is 18.6 Å². The third-order valence-corrected chi connectivity index (χ3v) is 6.46. The second kappa shape index (κ2) is 8.72. The normalized spacial score (nSPS) is 34.1. The van der Waals surface area contributed by atoms with Crippen LogP contribution in [0.2, 0.25) is 0 Å². The molecule has 2 aromatic carbocycles. The molecule has 8 heteroatoms. The third kappa shape index (κ3) is 3.82. The molecular weight excluding hydrogens is 416 g/mol. The van der Waals surface area contributed by atoms with Gasteiger partial charge < -0.3 is 39.4 Å². The van der Waals surface area contributed by atoms with Crippen LogP contribution in [0.5, 0.6) is 5.75 Å². The van der Waals surface area contributed by atoms with Gasteiger partial charge in [0.2, 0.25) is 5.79 Å². The predicted molar refractivity (Wildman–Crippen MR) is 112 cm³/mol. The van der Waals surface area contributed by atoms with Gasteiger partial charge in [0.05, 0.1) is 26.4 Å². The van der Waals surface area contributed by atoms with Crippen LogP contribution in [0, 0.1) is 0 Å². The van der Waals surface area contributed by atoms with Gasteiger partial charge in [-0.1, -0.05) is 24.3 Å². The van der Waals surface area contributed by atoms with Crippen LogP contribution in [0.3, 0.4) is 0 Å². The summed E-state index contributed by atoms with van der Waals surface area (Å²) in [7, 11) is 0. The van der Waals surface area contributed by atoms with Crippen LogP contribution in [0.4, 0.5) is 0 Å². The number of hydrogen-bond acceptors (Lipinski definition) is 8. The molecule has 5 rings (SSSR count). The summed E-state index contributed by atoms with van der Waals surface area (Å²) < 4.78 is 22.9. The lowest BCUT2D eigenvalue weighted by molar-refractivity contribution is -0.368. The highest BCUT2D eigenvalue weighted by Crippen LogP contribution is 2.46. The Hall–Kier alpha value is -2.04. The largest absolute Gasteiger partial charge is 0.488 e. The monoisotopic (exact) mass is 444 g/mol. The minimum Gasteiger partial charge on any atom is -0.488 e. The molecule has 0 saturated carbocycles. The Kier molecular flexibility index (Phi) is 5.94. The number of benzene rings is 2. The molecular formula is C24H28O8. The summed E-state index contributed by atoms with van der Waals surface area (Å²) in [6.07, 6.45) is -3.83. The van der Waals surface area contributed by atoms with E-state index in [9.17, 15) is 20.4 Å². The number of aliphatic hydroxyl groups excluding tert-OH is 4. The van der Waals surface area contributed by atoms with E-state index in [2.05, 4.69) is 0 Å². The molecule has 1 spiro atoms. The fourth-order valence-corrected chi connectivity index (χ4v) is 4.65. The fraction of sp³-hybridized carbons (Fsp3) is 0.500. The highest BCUT2D eigenvalue weighted by molar-refractivity contribution is 5.41. The zero-order chi connectivity index (χ0) is 22.3. The smallest absolute Gasteiger partial charge is 0.225 e. The minimum atomic E-state index is -1.63. The van der Waals surface area contributed by atoms with Gasteiger partial charge in [0.1, 0.15) is 36.3 Å². The molecule has 172 valence electrons. The molecule has 4 N–H and O–H groups in total. The molecule has 2 unspecified atom stereocenters. The number of aliphatic hydroxyl groups is 4. The van der Waals surface area contributed by atoms with Crippen molar-refractivity contribution >= 4 is 0 Å². The first kappa shape index (κ1) is 21.8. The lowest BCUT2D eigenvalue weighted by Gasteiger charge is -2.46. The van der Waals surface area contributed by atoms with Gasteiger partial charge in [-0.2, -0.15) is 0 Å². The van der Waals surface area contributed by atoms with Crippen molar-refractivity contribution in [3.63, 3.8) is 0 Å². The first-order valence-corrected chi connectivity index (χ1v) is 10.9. The van der Waals surface area contributed by atoms with Crippen LogP contribution >= 0.6 is 0 Å². The Bertz CT molecular complexity index is 940. The Morgan fingerprint density at radius 3 is 2.50 bits per heavy atom. The summed E-state index contributed by atoms with van der Waals surface area (Å²) in [6.45, 7) is 1.05. The van der Waals surface area contributed by atoms with E-state index in [1.165, 1.54) is 0 Å². The van der Waals surface area contributed by atoms with Crippen molar-refractivity contribution < 1.29 is 39.4 Å². The first-order chi connectivity index (χ1) is 15.5. The Morgan fingerprint density at radius 2 is 1.78 bits per heavy atom. The Morgan fingerprint density at radius 1 is 1.00 bits per heavy atom. The summed E-state index contributed by atoms with van der Waals surface area (Å²) in [5.74, 6) is -0.815. The van der Waals surface area contributed by atoms with Crippen LogP contribution in [0.15, 0.2) is 42.5 Å². The van der Waals surface area contributed by atoms with E-state index in [0.717, 1.165) is 35.5 Å². The van der Waals surface area contributed by atoms with E-state index in [1.807, 2.05) is 42.5 Å². The van der Waals surface area contributed by atoms with Gasteiger partial charge in [-0.25, -0.2) is 0 Å². The third-order valence-electron chi connectivity index (χ3n) is 6.46. The van der Waals surface area contributed by atoms with E-state index < -0.39 is 36.8 Å². The minimum absolute atomic E-state index is 0.104. The average Bonchev–Trinajstić information content (AvgIpc) is 3.45. The summed E-state index contributed by atoms with van der Waals surface area (Å²) in [4.78, 5) is 0. The van der Waals surface area contributed by atoms with Crippen molar-refractivity contribution in [1.82, 2.24) is 0 Å². The van der Waals surface area contributed by atoms with Crippen molar-refractivity contribution in [2.75, 3.05) is 19.8 Å². The maximum absolute atomic E-state index is 10.7. The van der Waals surface area contributed by atoms with Gasteiger partial charge in [-0.05, 0) is 41.3 Å². The van der Waals surface area contributed by atoms with E-state index in [-0.39, 0.29) is 12.7 Å². The molecule has 2 fully saturated rings. The van der Waals surface area contributed by atoms with E-state index >= 15 is 0 Å². The Labute approximate surface area is 185 Å². The average molecular weight is 444 g/mol. The van der Waals surface area contributed by atoms with E-state index in [4.69, 9.17) is 18.9 Å². The van der Waals surface area contributed by atoms with Crippen LogP contribution in [0.1, 0.15) is 28.7 Å².